The minimum atomic E-state index is -0.573. The molecule has 102 valence electrons. The number of para-hydroxylation sites is 1. The summed E-state index contributed by atoms with van der Waals surface area (Å²) in [6, 6.07) is 8.51. The van der Waals surface area contributed by atoms with E-state index in [1.165, 1.54) is 0 Å². The number of aromatic nitrogens is 1. The van der Waals surface area contributed by atoms with Gasteiger partial charge in [0.05, 0.1) is 10.7 Å². The fourth-order valence-corrected chi connectivity index (χ4v) is 2.16. The van der Waals surface area contributed by atoms with E-state index < -0.39 is 5.97 Å². The van der Waals surface area contributed by atoms with Crippen molar-refractivity contribution in [1.29, 1.82) is 5.26 Å². The number of rotatable bonds is 5. The van der Waals surface area contributed by atoms with Gasteiger partial charge < -0.3 is 9.47 Å². The molecule has 0 aliphatic rings. The fraction of sp³-hybridized carbons (Fsp3) is 0.214. The molecule has 0 amide bonds. The van der Waals surface area contributed by atoms with Crippen molar-refractivity contribution in [2.45, 2.75) is 13.5 Å². The van der Waals surface area contributed by atoms with Crippen LogP contribution in [0.5, 0.6) is 5.75 Å². The Morgan fingerprint density at radius 3 is 2.95 bits per heavy atom. The van der Waals surface area contributed by atoms with Crippen LogP contribution in [0.3, 0.4) is 0 Å². The average molecular weight is 288 g/mol. The van der Waals surface area contributed by atoms with Crippen LogP contribution >= 0.6 is 11.3 Å². The van der Waals surface area contributed by atoms with Gasteiger partial charge in [-0.05, 0) is 19.1 Å². The highest BCUT2D eigenvalue weighted by atomic mass is 32.1. The van der Waals surface area contributed by atoms with Gasteiger partial charge in [-0.1, -0.05) is 12.1 Å². The lowest BCUT2D eigenvalue weighted by atomic mass is 10.2. The molecule has 2 aromatic rings. The Balaban J connectivity index is 2.08. The first-order chi connectivity index (χ1) is 9.70. The molecule has 5 nitrogen and oxygen atoms in total. The molecule has 0 bridgehead atoms. The number of aryl methyl sites for hydroxylation is 1. The SMILES string of the molecule is Cc1nc(COc2ccccc2C(=O)OCC#N)cs1. The molecule has 6 heteroatoms. The highest BCUT2D eigenvalue weighted by Crippen LogP contribution is 2.20. The van der Waals surface area contributed by atoms with Gasteiger partial charge in [0.15, 0.2) is 6.61 Å². The molecule has 1 heterocycles. The molecule has 0 aliphatic heterocycles. The van der Waals surface area contributed by atoms with Crippen molar-refractivity contribution in [2.75, 3.05) is 6.61 Å². The number of thiazole rings is 1. The van der Waals surface area contributed by atoms with Gasteiger partial charge in [0.2, 0.25) is 0 Å². The lowest BCUT2D eigenvalue weighted by molar-refractivity contribution is 0.0549. The molecular weight excluding hydrogens is 276 g/mol. The molecule has 0 saturated heterocycles. The smallest absolute Gasteiger partial charge is 0.342 e. The summed E-state index contributed by atoms with van der Waals surface area (Å²) < 4.78 is 10.4. The van der Waals surface area contributed by atoms with Gasteiger partial charge in [-0.25, -0.2) is 9.78 Å². The predicted molar refractivity (Wildman–Crippen MR) is 73.5 cm³/mol. The van der Waals surface area contributed by atoms with E-state index >= 15 is 0 Å². The quantitative estimate of drug-likeness (QED) is 0.791. The van der Waals surface area contributed by atoms with Crippen LogP contribution in [0.15, 0.2) is 29.6 Å². The van der Waals surface area contributed by atoms with E-state index in [0.29, 0.717) is 11.3 Å². The second kappa shape index (κ2) is 6.68. The monoisotopic (exact) mass is 288 g/mol. The molecule has 0 aliphatic carbocycles. The van der Waals surface area contributed by atoms with Gasteiger partial charge in [-0.2, -0.15) is 5.26 Å². The second-order valence-corrected chi connectivity index (χ2v) is 4.94. The Morgan fingerprint density at radius 2 is 2.25 bits per heavy atom. The molecule has 2 rings (SSSR count). The Hall–Kier alpha value is -2.39. The van der Waals surface area contributed by atoms with Crippen molar-refractivity contribution in [3.05, 3.63) is 45.9 Å². The summed E-state index contributed by atoms with van der Waals surface area (Å²) in [6.07, 6.45) is 0. The molecular formula is C14H12N2O3S. The van der Waals surface area contributed by atoms with Crippen LogP contribution in [0.25, 0.3) is 0 Å². The molecule has 1 aromatic carbocycles. The highest BCUT2D eigenvalue weighted by molar-refractivity contribution is 7.09. The van der Waals surface area contributed by atoms with Crippen molar-refractivity contribution in [3.63, 3.8) is 0 Å². The van der Waals surface area contributed by atoms with E-state index in [4.69, 9.17) is 14.7 Å². The number of hydrogen-bond donors (Lipinski definition) is 0. The van der Waals surface area contributed by atoms with Crippen LogP contribution in [0, 0.1) is 18.3 Å². The maximum absolute atomic E-state index is 11.8. The van der Waals surface area contributed by atoms with Crippen LogP contribution in [0.1, 0.15) is 21.1 Å². The zero-order valence-corrected chi connectivity index (χ0v) is 11.6. The number of carbonyl (C=O) groups excluding carboxylic acids is 1. The molecule has 0 radical (unpaired) electrons. The number of esters is 1. The largest absolute Gasteiger partial charge is 0.486 e. The van der Waals surface area contributed by atoms with Crippen molar-refractivity contribution >= 4 is 17.3 Å². The first-order valence-corrected chi connectivity index (χ1v) is 6.75. The third-order valence-electron chi connectivity index (χ3n) is 2.42. The van der Waals surface area contributed by atoms with Crippen molar-refractivity contribution in [1.82, 2.24) is 4.98 Å². The lowest BCUT2D eigenvalue weighted by Crippen LogP contribution is -2.08. The number of carbonyl (C=O) groups is 1. The standard InChI is InChI=1S/C14H12N2O3S/c1-10-16-11(9-20-10)8-19-13-5-3-2-4-12(13)14(17)18-7-6-15/h2-5,9H,7-8H2,1H3. The van der Waals surface area contributed by atoms with Crippen LogP contribution in [0.2, 0.25) is 0 Å². The lowest BCUT2D eigenvalue weighted by Gasteiger charge is -2.09. The Kier molecular flexibility index (Phi) is 4.69. The number of benzene rings is 1. The maximum atomic E-state index is 11.8. The third kappa shape index (κ3) is 3.56. The predicted octanol–water partition coefficient (Wildman–Crippen LogP) is 2.71. The third-order valence-corrected chi connectivity index (χ3v) is 3.24. The van der Waals surface area contributed by atoms with Crippen molar-refractivity contribution < 1.29 is 14.3 Å². The zero-order chi connectivity index (χ0) is 14.4. The van der Waals surface area contributed by atoms with Gasteiger partial charge in [-0.3, -0.25) is 0 Å². The van der Waals surface area contributed by atoms with E-state index in [-0.39, 0.29) is 13.2 Å². The fourth-order valence-electron chi connectivity index (χ4n) is 1.56. The van der Waals surface area contributed by atoms with Crippen LogP contribution in [-0.2, 0) is 11.3 Å². The molecule has 20 heavy (non-hydrogen) atoms. The number of nitriles is 1. The van der Waals surface area contributed by atoms with Crippen LogP contribution in [0.4, 0.5) is 0 Å². The van der Waals surface area contributed by atoms with Crippen molar-refractivity contribution in [3.8, 4) is 11.8 Å². The van der Waals surface area contributed by atoms with Gasteiger partial charge >= 0.3 is 5.97 Å². The molecule has 0 fully saturated rings. The van der Waals surface area contributed by atoms with Crippen LogP contribution in [-0.4, -0.2) is 17.6 Å². The number of nitrogens with zero attached hydrogens (tertiary/aromatic N) is 2. The average Bonchev–Trinajstić information content (AvgIpc) is 2.88. The Labute approximate surface area is 120 Å². The molecule has 0 saturated carbocycles. The summed E-state index contributed by atoms with van der Waals surface area (Å²) in [4.78, 5) is 16.1. The molecule has 0 atom stereocenters. The van der Waals surface area contributed by atoms with E-state index in [2.05, 4.69) is 4.98 Å². The minimum Gasteiger partial charge on any atom is -0.486 e. The maximum Gasteiger partial charge on any atom is 0.342 e. The first kappa shape index (κ1) is 14.0. The normalized spacial score (nSPS) is 9.80. The Bertz CT molecular complexity index is 646. The summed E-state index contributed by atoms with van der Waals surface area (Å²) in [5, 5.41) is 11.3. The number of hydrogen-bond acceptors (Lipinski definition) is 6. The summed E-state index contributed by atoms with van der Waals surface area (Å²) in [5.41, 5.74) is 1.11. The zero-order valence-electron chi connectivity index (χ0n) is 10.8. The second-order valence-electron chi connectivity index (χ2n) is 3.88. The summed E-state index contributed by atoms with van der Waals surface area (Å²) in [5.74, 6) is -0.155. The topological polar surface area (TPSA) is 72.2 Å². The van der Waals surface area contributed by atoms with E-state index in [0.717, 1.165) is 10.7 Å². The summed E-state index contributed by atoms with van der Waals surface area (Å²) in [7, 11) is 0. The number of ether oxygens (including phenoxy) is 2. The van der Waals surface area contributed by atoms with Crippen molar-refractivity contribution in [2.24, 2.45) is 0 Å². The Morgan fingerprint density at radius 1 is 1.45 bits per heavy atom. The minimum absolute atomic E-state index is 0.279. The molecule has 1 aromatic heterocycles. The van der Waals surface area contributed by atoms with E-state index in [9.17, 15) is 4.79 Å². The summed E-state index contributed by atoms with van der Waals surface area (Å²) in [6.45, 7) is 1.92. The summed E-state index contributed by atoms with van der Waals surface area (Å²) >= 11 is 1.54. The molecule has 0 N–H and O–H groups in total. The molecule has 0 unspecified atom stereocenters. The van der Waals surface area contributed by atoms with Gasteiger partial charge in [-0.15, -0.1) is 11.3 Å². The highest BCUT2D eigenvalue weighted by Gasteiger charge is 2.13. The molecule has 0 spiro atoms. The van der Waals surface area contributed by atoms with Gasteiger partial charge in [0.1, 0.15) is 24.0 Å². The van der Waals surface area contributed by atoms with Crippen LogP contribution < -0.4 is 4.74 Å². The first-order valence-electron chi connectivity index (χ1n) is 5.87. The van der Waals surface area contributed by atoms with Gasteiger partial charge in [0, 0.05) is 5.38 Å². The van der Waals surface area contributed by atoms with Gasteiger partial charge in [0.25, 0.3) is 0 Å². The van der Waals surface area contributed by atoms with E-state index in [1.54, 1.807) is 41.7 Å². The van der Waals surface area contributed by atoms with E-state index in [1.807, 2.05) is 12.3 Å².